The highest BCUT2D eigenvalue weighted by atomic mass is 16.5. The summed E-state index contributed by atoms with van der Waals surface area (Å²) in [6.07, 6.45) is 3.10. The quantitative estimate of drug-likeness (QED) is 0.588. The molecule has 0 spiro atoms. The fourth-order valence-electron chi connectivity index (χ4n) is 2.86. The molecule has 2 aromatic heterocycles. The Labute approximate surface area is 156 Å². The predicted molar refractivity (Wildman–Crippen MR) is 105 cm³/mol. The van der Waals surface area contributed by atoms with Crippen LogP contribution in [0.15, 0.2) is 77.9 Å². The van der Waals surface area contributed by atoms with E-state index in [0.717, 1.165) is 12.2 Å². The Morgan fingerprint density at radius 3 is 2.78 bits per heavy atom. The van der Waals surface area contributed by atoms with Crippen LogP contribution in [0.2, 0.25) is 0 Å². The molecule has 0 bridgehead atoms. The number of rotatable bonds is 5. The zero-order valence-corrected chi connectivity index (χ0v) is 14.8. The van der Waals surface area contributed by atoms with Gasteiger partial charge in [0.25, 0.3) is 5.56 Å². The van der Waals surface area contributed by atoms with Crippen molar-refractivity contribution in [2.75, 3.05) is 11.9 Å². The number of hydrogen-bond acceptors (Lipinski definition) is 5. The van der Waals surface area contributed by atoms with Crippen molar-refractivity contribution in [1.29, 1.82) is 0 Å². The van der Waals surface area contributed by atoms with Crippen molar-refractivity contribution in [2.24, 2.45) is 0 Å². The number of H-pyrrole nitrogens is 1. The fraction of sp³-hybridized carbons (Fsp3) is 0.0952. The lowest BCUT2D eigenvalue weighted by Gasteiger charge is -2.20. The summed E-state index contributed by atoms with van der Waals surface area (Å²) in [7, 11) is 2.02. The third-order valence-electron chi connectivity index (χ3n) is 4.22. The lowest BCUT2D eigenvalue weighted by Crippen LogP contribution is -2.16. The van der Waals surface area contributed by atoms with E-state index < -0.39 is 0 Å². The third-order valence-corrected chi connectivity index (χ3v) is 4.22. The van der Waals surface area contributed by atoms with Gasteiger partial charge >= 0.3 is 6.01 Å². The highest BCUT2D eigenvalue weighted by Gasteiger charge is 2.08. The topological polar surface area (TPSA) is 71.1 Å². The lowest BCUT2D eigenvalue weighted by molar-refractivity contribution is 0.442. The summed E-state index contributed by atoms with van der Waals surface area (Å²) in [6.45, 7) is 0.779. The van der Waals surface area contributed by atoms with Gasteiger partial charge in [0.15, 0.2) is 0 Å². The van der Waals surface area contributed by atoms with Gasteiger partial charge in [-0.15, -0.1) is 0 Å². The molecule has 27 heavy (non-hydrogen) atoms. The van der Waals surface area contributed by atoms with Gasteiger partial charge in [0, 0.05) is 31.5 Å². The van der Waals surface area contributed by atoms with Gasteiger partial charge in [-0.05, 0) is 23.8 Å². The van der Waals surface area contributed by atoms with Crippen molar-refractivity contribution in [2.45, 2.75) is 6.54 Å². The van der Waals surface area contributed by atoms with E-state index >= 15 is 0 Å². The molecule has 1 N–H and O–H groups in total. The summed E-state index contributed by atoms with van der Waals surface area (Å²) < 4.78 is 5.79. The Morgan fingerprint density at radius 1 is 1.07 bits per heavy atom. The van der Waals surface area contributed by atoms with Crippen molar-refractivity contribution in [3.63, 3.8) is 0 Å². The summed E-state index contributed by atoms with van der Waals surface area (Å²) in [6, 6.07) is 19.7. The van der Waals surface area contributed by atoms with Gasteiger partial charge in [-0.3, -0.25) is 14.8 Å². The normalized spacial score (nSPS) is 10.7. The van der Waals surface area contributed by atoms with Crippen molar-refractivity contribution >= 4 is 16.6 Å². The number of nitrogens with one attached hydrogen (secondary N) is 1. The molecule has 0 saturated carbocycles. The molecule has 2 aromatic carbocycles. The summed E-state index contributed by atoms with van der Waals surface area (Å²) in [4.78, 5) is 25.3. The monoisotopic (exact) mass is 358 g/mol. The molecule has 6 nitrogen and oxygen atoms in total. The van der Waals surface area contributed by atoms with Crippen LogP contribution in [-0.2, 0) is 6.54 Å². The van der Waals surface area contributed by atoms with Crippen LogP contribution in [0.5, 0.6) is 11.8 Å². The minimum atomic E-state index is -0.255. The Bertz CT molecular complexity index is 1130. The molecule has 134 valence electrons. The van der Waals surface area contributed by atoms with Crippen molar-refractivity contribution in [3.8, 4) is 11.8 Å². The van der Waals surface area contributed by atoms with Crippen LogP contribution in [0.1, 0.15) is 5.56 Å². The summed E-state index contributed by atoms with van der Waals surface area (Å²) in [5.74, 6) is 0.596. The number of pyridine rings is 1. The zero-order chi connectivity index (χ0) is 18.6. The molecule has 0 aliphatic rings. The van der Waals surface area contributed by atoms with Gasteiger partial charge in [0.2, 0.25) is 0 Å². The molecule has 0 amide bonds. The van der Waals surface area contributed by atoms with Crippen LogP contribution < -0.4 is 15.2 Å². The maximum absolute atomic E-state index is 12.2. The van der Waals surface area contributed by atoms with Crippen molar-refractivity contribution in [1.82, 2.24) is 15.0 Å². The van der Waals surface area contributed by atoms with E-state index in [0.29, 0.717) is 16.7 Å². The second-order valence-corrected chi connectivity index (χ2v) is 6.20. The first-order valence-corrected chi connectivity index (χ1v) is 8.56. The van der Waals surface area contributed by atoms with Crippen LogP contribution in [-0.4, -0.2) is 22.0 Å². The van der Waals surface area contributed by atoms with Gasteiger partial charge in [-0.25, -0.2) is 0 Å². The van der Waals surface area contributed by atoms with E-state index in [9.17, 15) is 4.79 Å². The Kier molecular flexibility index (Phi) is 4.53. The number of hydrogen-bond donors (Lipinski definition) is 1. The SMILES string of the molecule is CN(Cc1ccccc1)c1cccc(Oc2nc3cnccc3c(=O)[nH]2)c1. The zero-order valence-electron chi connectivity index (χ0n) is 14.8. The number of anilines is 1. The minimum absolute atomic E-state index is 0.142. The Hall–Kier alpha value is -3.67. The van der Waals surface area contributed by atoms with E-state index in [4.69, 9.17) is 4.74 Å². The molecule has 2 heterocycles. The van der Waals surface area contributed by atoms with Crippen LogP contribution in [0.4, 0.5) is 5.69 Å². The second kappa shape index (κ2) is 7.29. The summed E-state index contributed by atoms with van der Waals surface area (Å²) >= 11 is 0. The van der Waals surface area contributed by atoms with E-state index in [2.05, 4.69) is 32.0 Å². The lowest BCUT2D eigenvalue weighted by atomic mass is 10.2. The van der Waals surface area contributed by atoms with Crippen LogP contribution >= 0.6 is 0 Å². The number of fused-ring (bicyclic) bond motifs is 1. The first-order valence-electron chi connectivity index (χ1n) is 8.56. The maximum Gasteiger partial charge on any atom is 0.302 e. The minimum Gasteiger partial charge on any atom is -0.425 e. The molecule has 0 aliphatic carbocycles. The molecule has 6 heteroatoms. The van der Waals surface area contributed by atoms with Gasteiger partial charge in [0.05, 0.1) is 17.1 Å². The molecular weight excluding hydrogens is 340 g/mol. The number of nitrogens with zero attached hydrogens (tertiary/aromatic N) is 3. The number of benzene rings is 2. The standard InChI is InChI=1S/C21H18N4O2/c1-25(14-15-6-3-2-4-7-15)16-8-5-9-17(12-16)27-21-23-19-13-22-11-10-18(19)20(26)24-21/h2-13H,14H2,1H3,(H,23,24,26). The number of ether oxygens (including phenoxy) is 1. The molecule has 4 aromatic rings. The van der Waals surface area contributed by atoms with Crippen LogP contribution in [0.3, 0.4) is 0 Å². The number of aromatic nitrogens is 3. The van der Waals surface area contributed by atoms with Crippen molar-refractivity contribution < 1.29 is 4.74 Å². The first-order chi connectivity index (χ1) is 13.2. The highest BCUT2D eigenvalue weighted by Crippen LogP contribution is 2.24. The van der Waals surface area contributed by atoms with Gasteiger partial charge in [-0.2, -0.15) is 4.98 Å². The maximum atomic E-state index is 12.2. The Balaban J connectivity index is 1.57. The van der Waals surface area contributed by atoms with Gasteiger partial charge in [-0.1, -0.05) is 36.4 Å². The van der Waals surface area contributed by atoms with E-state index in [1.165, 1.54) is 5.56 Å². The fourth-order valence-corrected chi connectivity index (χ4v) is 2.86. The van der Waals surface area contributed by atoms with Gasteiger partial charge in [0.1, 0.15) is 5.75 Å². The highest BCUT2D eigenvalue weighted by molar-refractivity contribution is 5.76. The van der Waals surface area contributed by atoms with Crippen LogP contribution in [0, 0.1) is 0 Å². The smallest absolute Gasteiger partial charge is 0.302 e. The molecule has 0 atom stereocenters. The van der Waals surface area contributed by atoms with E-state index in [-0.39, 0.29) is 11.6 Å². The predicted octanol–water partition coefficient (Wildman–Crippen LogP) is 3.75. The molecule has 0 aliphatic heterocycles. The molecule has 0 fully saturated rings. The Morgan fingerprint density at radius 2 is 1.93 bits per heavy atom. The van der Waals surface area contributed by atoms with E-state index in [1.54, 1.807) is 18.5 Å². The largest absolute Gasteiger partial charge is 0.425 e. The number of aromatic amines is 1. The van der Waals surface area contributed by atoms with Crippen LogP contribution in [0.25, 0.3) is 10.9 Å². The van der Waals surface area contributed by atoms with E-state index in [1.807, 2.05) is 49.5 Å². The first kappa shape index (κ1) is 16.8. The molecule has 0 radical (unpaired) electrons. The van der Waals surface area contributed by atoms with Crippen molar-refractivity contribution in [3.05, 3.63) is 89.0 Å². The average Bonchev–Trinajstić information content (AvgIpc) is 2.69. The molecule has 0 saturated heterocycles. The molecular formula is C21H18N4O2. The third kappa shape index (κ3) is 3.79. The summed E-state index contributed by atoms with van der Waals surface area (Å²) in [5.41, 5.74) is 2.46. The second-order valence-electron chi connectivity index (χ2n) is 6.20. The summed E-state index contributed by atoms with van der Waals surface area (Å²) in [5, 5.41) is 0.480. The molecule has 0 unspecified atom stereocenters. The van der Waals surface area contributed by atoms with Gasteiger partial charge < -0.3 is 9.64 Å². The molecule has 4 rings (SSSR count). The average molecular weight is 358 g/mol.